The molecule has 5 nitrogen and oxygen atoms in total. The van der Waals surface area contributed by atoms with E-state index in [4.69, 9.17) is 10.5 Å². The number of rotatable bonds is 3. The van der Waals surface area contributed by atoms with Gasteiger partial charge in [0.2, 0.25) is 11.8 Å². The second kappa shape index (κ2) is 5.07. The average Bonchev–Trinajstić information content (AvgIpc) is 2.76. The van der Waals surface area contributed by atoms with Gasteiger partial charge in [-0.1, -0.05) is 19.3 Å². The molecular formula is C14H20N4O. The smallest absolute Gasteiger partial charge is 0.215 e. The van der Waals surface area contributed by atoms with E-state index >= 15 is 0 Å². The minimum Gasteiger partial charge on any atom is -0.481 e. The van der Waals surface area contributed by atoms with E-state index in [-0.39, 0.29) is 0 Å². The third-order valence-electron chi connectivity index (χ3n) is 3.97. The van der Waals surface area contributed by atoms with Crippen LogP contribution in [0.3, 0.4) is 0 Å². The van der Waals surface area contributed by atoms with Gasteiger partial charge in [0.15, 0.2) is 5.65 Å². The highest BCUT2D eigenvalue weighted by molar-refractivity contribution is 5.74. The van der Waals surface area contributed by atoms with E-state index in [2.05, 4.69) is 9.97 Å². The molecule has 0 unspecified atom stereocenters. The van der Waals surface area contributed by atoms with E-state index in [0.29, 0.717) is 17.7 Å². The van der Waals surface area contributed by atoms with Crippen LogP contribution < -0.4 is 10.5 Å². The van der Waals surface area contributed by atoms with Gasteiger partial charge in [-0.15, -0.1) is 0 Å². The maximum atomic E-state index is 6.03. The molecule has 0 atom stereocenters. The number of methoxy groups -OCH3 is 1. The topological polar surface area (TPSA) is 66.0 Å². The molecule has 0 radical (unpaired) electrons. The van der Waals surface area contributed by atoms with Crippen molar-refractivity contribution < 1.29 is 4.74 Å². The number of hydrogen-bond acceptors (Lipinski definition) is 4. The molecule has 5 heteroatoms. The molecule has 19 heavy (non-hydrogen) atoms. The average molecular weight is 260 g/mol. The first-order chi connectivity index (χ1) is 9.28. The van der Waals surface area contributed by atoms with Gasteiger partial charge in [0.05, 0.1) is 7.11 Å². The number of ether oxygens (including phenoxy) is 1. The minimum absolute atomic E-state index is 0.557. The van der Waals surface area contributed by atoms with Gasteiger partial charge in [-0.2, -0.15) is 4.98 Å². The highest BCUT2D eigenvalue weighted by atomic mass is 16.5. The lowest BCUT2D eigenvalue weighted by Gasteiger charge is -2.22. The number of anilines is 1. The largest absolute Gasteiger partial charge is 0.481 e. The second-order valence-electron chi connectivity index (χ2n) is 5.28. The van der Waals surface area contributed by atoms with Crippen molar-refractivity contribution in [2.24, 2.45) is 5.92 Å². The van der Waals surface area contributed by atoms with Gasteiger partial charge in [-0.05, 0) is 24.8 Å². The summed E-state index contributed by atoms with van der Waals surface area (Å²) in [6.45, 7) is 0.919. The molecule has 1 saturated carbocycles. The summed E-state index contributed by atoms with van der Waals surface area (Å²) in [6, 6.07) is 3.73. The summed E-state index contributed by atoms with van der Waals surface area (Å²) in [5.41, 5.74) is 7.71. The maximum absolute atomic E-state index is 6.03. The number of pyridine rings is 1. The Labute approximate surface area is 112 Å². The molecule has 0 saturated heterocycles. The Morgan fingerprint density at radius 1 is 1.26 bits per heavy atom. The van der Waals surface area contributed by atoms with Crippen LogP contribution in [0.4, 0.5) is 5.95 Å². The monoisotopic (exact) mass is 260 g/mol. The van der Waals surface area contributed by atoms with Gasteiger partial charge in [0.1, 0.15) is 5.52 Å². The molecule has 0 aliphatic heterocycles. The molecule has 2 N–H and O–H groups in total. The van der Waals surface area contributed by atoms with E-state index < -0.39 is 0 Å². The maximum Gasteiger partial charge on any atom is 0.215 e. The zero-order chi connectivity index (χ0) is 13.2. The van der Waals surface area contributed by atoms with Crippen LogP contribution in [0.15, 0.2) is 12.1 Å². The fourth-order valence-corrected chi connectivity index (χ4v) is 2.92. The summed E-state index contributed by atoms with van der Waals surface area (Å²) in [6.07, 6.45) is 6.58. The zero-order valence-corrected chi connectivity index (χ0v) is 11.3. The number of nitrogen functional groups attached to an aromatic ring is 1. The lowest BCUT2D eigenvalue weighted by atomic mass is 9.89. The summed E-state index contributed by atoms with van der Waals surface area (Å²) in [5, 5.41) is 0. The van der Waals surface area contributed by atoms with Gasteiger partial charge in [-0.3, -0.25) is 4.57 Å². The number of nitrogens with two attached hydrogens (primary N) is 1. The van der Waals surface area contributed by atoms with Crippen LogP contribution in [0.25, 0.3) is 11.2 Å². The molecule has 0 spiro atoms. The lowest BCUT2D eigenvalue weighted by molar-refractivity contribution is 0.322. The highest BCUT2D eigenvalue weighted by Crippen LogP contribution is 2.28. The number of fused-ring (bicyclic) bond motifs is 1. The van der Waals surface area contributed by atoms with Gasteiger partial charge >= 0.3 is 0 Å². The predicted octanol–water partition coefficient (Wildman–Crippen LogP) is 2.60. The van der Waals surface area contributed by atoms with E-state index in [1.54, 1.807) is 7.11 Å². The van der Waals surface area contributed by atoms with Gasteiger partial charge in [0, 0.05) is 12.6 Å². The summed E-state index contributed by atoms with van der Waals surface area (Å²) < 4.78 is 7.22. The van der Waals surface area contributed by atoms with E-state index in [0.717, 1.165) is 17.7 Å². The van der Waals surface area contributed by atoms with Crippen molar-refractivity contribution in [3.8, 4) is 5.88 Å². The Balaban J connectivity index is 1.94. The zero-order valence-electron chi connectivity index (χ0n) is 11.3. The van der Waals surface area contributed by atoms with Crippen LogP contribution in [0.5, 0.6) is 5.88 Å². The molecule has 2 heterocycles. The van der Waals surface area contributed by atoms with Crippen LogP contribution in [-0.2, 0) is 6.54 Å². The van der Waals surface area contributed by atoms with E-state index in [1.165, 1.54) is 32.1 Å². The summed E-state index contributed by atoms with van der Waals surface area (Å²) in [4.78, 5) is 8.85. The van der Waals surface area contributed by atoms with Gasteiger partial charge in [-0.25, -0.2) is 4.98 Å². The number of aromatic nitrogens is 3. The third kappa shape index (κ3) is 2.37. The molecule has 1 fully saturated rings. The normalized spacial score (nSPS) is 16.9. The molecule has 3 rings (SSSR count). The van der Waals surface area contributed by atoms with Crippen molar-refractivity contribution in [2.75, 3.05) is 12.8 Å². The molecule has 0 bridgehead atoms. The molecule has 0 amide bonds. The fourth-order valence-electron chi connectivity index (χ4n) is 2.92. The van der Waals surface area contributed by atoms with Crippen LogP contribution in [0.2, 0.25) is 0 Å². The first kappa shape index (κ1) is 12.3. The standard InChI is InChI=1S/C14H20N4O/c1-19-12-8-7-11-13(17-12)18(14(15)16-11)9-10-5-3-2-4-6-10/h7-8,10H,2-6,9H2,1H3,(H2,15,16). The van der Waals surface area contributed by atoms with Crippen LogP contribution in [0.1, 0.15) is 32.1 Å². The number of hydrogen-bond donors (Lipinski definition) is 1. The fraction of sp³-hybridized carbons (Fsp3) is 0.571. The Bertz CT molecular complexity index is 572. The third-order valence-corrected chi connectivity index (χ3v) is 3.97. The lowest BCUT2D eigenvalue weighted by Crippen LogP contribution is -2.16. The van der Waals surface area contributed by atoms with Crippen molar-refractivity contribution >= 4 is 17.1 Å². The summed E-state index contributed by atoms with van der Waals surface area (Å²) in [7, 11) is 1.62. The molecular weight excluding hydrogens is 240 g/mol. The van der Waals surface area contributed by atoms with E-state index in [1.807, 2.05) is 16.7 Å². The van der Waals surface area contributed by atoms with Gasteiger partial charge in [0.25, 0.3) is 0 Å². The van der Waals surface area contributed by atoms with Crippen molar-refractivity contribution in [3.63, 3.8) is 0 Å². The Hall–Kier alpha value is -1.78. The van der Waals surface area contributed by atoms with Crippen molar-refractivity contribution in [3.05, 3.63) is 12.1 Å². The molecule has 2 aromatic heterocycles. The van der Waals surface area contributed by atoms with Crippen LogP contribution >= 0.6 is 0 Å². The molecule has 0 aromatic carbocycles. The predicted molar refractivity (Wildman–Crippen MR) is 75.1 cm³/mol. The van der Waals surface area contributed by atoms with Crippen molar-refractivity contribution in [2.45, 2.75) is 38.6 Å². The molecule has 102 valence electrons. The first-order valence-corrected chi connectivity index (χ1v) is 6.94. The van der Waals surface area contributed by atoms with Crippen molar-refractivity contribution in [1.29, 1.82) is 0 Å². The number of imidazole rings is 1. The van der Waals surface area contributed by atoms with Gasteiger partial charge < -0.3 is 10.5 Å². The molecule has 1 aliphatic carbocycles. The SMILES string of the molecule is COc1ccc2nc(N)n(CC3CCCCC3)c2n1. The first-order valence-electron chi connectivity index (χ1n) is 6.94. The Morgan fingerprint density at radius 2 is 2.05 bits per heavy atom. The summed E-state index contributed by atoms with van der Waals surface area (Å²) in [5.74, 6) is 1.86. The number of nitrogens with zero attached hydrogens (tertiary/aromatic N) is 3. The second-order valence-corrected chi connectivity index (χ2v) is 5.28. The molecule has 2 aromatic rings. The summed E-state index contributed by atoms with van der Waals surface area (Å²) >= 11 is 0. The van der Waals surface area contributed by atoms with E-state index in [9.17, 15) is 0 Å². The van der Waals surface area contributed by atoms with Crippen LogP contribution in [-0.4, -0.2) is 21.6 Å². The van der Waals surface area contributed by atoms with Crippen molar-refractivity contribution in [1.82, 2.24) is 14.5 Å². The molecule has 1 aliphatic rings. The van der Waals surface area contributed by atoms with Crippen LogP contribution in [0, 0.1) is 5.92 Å². The highest BCUT2D eigenvalue weighted by Gasteiger charge is 2.18. The minimum atomic E-state index is 0.557. The Kier molecular flexibility index (Phi) is 3.27. The Morgan fingerprint density at radius 3 is 2.79 bits per heavy atom. The quantitative estimate of drug-likeness (QED) is 0.921.